The van der Waals surface area contributed by atoms with Crippen LogP contribution in [0.4, 0.5) is 5.69 Å². The minimum absolute atomic E-state index is 0.0642. The Morgan fingerprint density at radius 2 is 1.49 bits per heavy atom. The summed E-state index contributed by atoms with van der Waals surface area (Å²) in [6.45, 7) is 5.81. The lowest BCUT2D eigenvalue weighted by molar-refractivity contribution is -0.576. The van der Waals surface area contributed by atoms with E-state index < -0.39 is 17.4 Å². The number of aryl methyl sites for hydroxylation is 1. The highest BCUT2D eigenvalue weighted by molar-refractivity contribution is 6.53. The van der Waals surface area contributed by atoms with Crippen LogP contribution in [0.15, 0.2) is 83.9 Å². The average Bonchev–Trinajstić information content (AvgIpc) is 3.38. The summed E-state index contributed by atoms with van der Waals surface area (Å²) in [7, 11) is 1.55. The van der Waals surface area contributed by atoms with Gasteiger partial charge in [0.15, 0.2) is 12.4 Å². The number of carbonyl (C=O) groups excluding carboxylic acids is 2. The number of aromatic amines is 1. The smallest absolute Gasteiger partial charge is 0.331 e. The lowest BCUT2D eigenvalue weighted by Crippen LogP contribution is -2.39. The summed E-state index contributed by atoms with van der Waals surface area (Å²) < 4.78 is 8.26. The van der Waals surface area contributed by atoms with Gasteiger partial charge in [-0.3, -0.25) is 19.5 Å². The monoisotopic (exact) mass is 495 g/mol. The molecule has 0 spiro atoms. The first-order chi connectivity index (χ1) is 17.8. The van der Waals surface area contributed by atoms with Crippen LogP contribution in [0.5, 0.6) is 5.75 Å². The molecule has 8 nitrogen and oxygen atoms in total. The van der Waals surface area contributed by atoms with Crippen molar-refractivity contribution >= 4 is 28.8 Å². The maximum Gasteiger partial charge on any atom is 0.331 e. The van der Waals surface area contributed by atoms with Gasteiger partial charge in [-0.25, -0.2) is 9.58 Å². The Morgan fingerprint density at radius 1 is 0.838 bits per heavy atom. The first-order valence-electron chi connectivity index (χ1n) is 12.0. The first-order valence-corrected chi connectivity index (χ1v) is 12.0. The molecule has 186 valence electrons. The van der Waals surface area contributed by atoms with Crippen LogP contribution in [-0.2, 0) is 9.59 Å². The standard InChI is InChI=1S/C29H26N4O4/c1-18(2)25-23(28(35)33(30-25)21-8-6-5-7-9-21)24-26(31-16-14-19(3)15-17-31)29(36)32(27(24)34)20-10-12-22(37-4)13-11-20/h5-18H,1-4H3/p+1. The highest BCUT2D eigenvalue weighted by Crippen LogP contribution is 2.35. The minimum atomic E-state index is -0.559. The molecular formula is C29H27N4O4+. The molecule has 0 fully saturated rings. The normalized spacial score (nSPS) is 13.7. The molecular weight excluding hydrogens is 468 g/mol. The van der Waals surface area contributed by atoms with E-state index in [1.165, 1.54) is 4.68 Å². The number of methoxy groups -OCH3 is 1. The zero-order valence-electron chi connectivity index (χ0n) is 21.1. The predicted molar refractivity (Wildman–Crippen MR) is 140 cm³/mol. The van der Waals surface area contributed by atoms with Gasteiger partial charge in [0.25, 0.3) is 17.2 Å². The van der Waals surface area contributed by atoms with Crippen molar-refractivity contribution in [3.8, 4) is 11.4 Å². The number of para-hydroxylation sites is 1. The van der Waals surface area contributed by atoms with E-state index in [-0.39, 0.29) is 22.8 Å². The van der Waals surface area contributed by atoms with Gasteiger partial charge in [0.05, 0.1) is 24.0 Å². The molecule has 1 aliphatic rings. The molecule has 3 heterocycles. The van der Waals surface area contributed by atoms with Crippen LogP contribution in [0.25, 0.3) is 17.0 Å². The molecule has 2 aromatic heterocycles. The average molecular weight is 496 g/mol. The van der Waals surface area contributed by atoms with Crippen molar-refractivity contribution in [1.29, 1.82) is 0 Å². The molecule has 1 N–H and O–H groups in total. The van der Waals surface area contributed by atoms with Crippen LogP contribution >= 0.6 is 0 Å². The number of nitrogens with zero attached hydrogens (tertiary/aromatic N) is 3. The number of pyridine rings is 1. The summed E-state index contributed by atoms with van der Waals surface area (Å²) in [6.07, 6.45) is 3.45. The molecule has 8 heteroatoms. The van der Waals surface area contributed by atoms with Crippen LogP contribution in [0, 0.1) is 6.92 Å². The number of H-pyrrole nitrogens is 1. The summed E-state index contributed by atoms with van der Waals surface area (Å²) >= 11 is 0. The number of anilines is 1. The van der Waals surface area contributed by atoms with Crippen molar-refractivity contribution in [2.24, 2.45) is 0 Å². The van der Waals surface area contributed by atoms with Gasteiger partial charge < -0.3 is 4.74 Å². The third-order valence-electron chi connectivity index (χ3n) is 6.40. The number of nitrogens with one attached hydrogen (secondary N) is 1. The molecule has 0 aliphatic carbocycles. The lowest BCUT2D eigenvalue weighted by atomic mass is 9.98. The molecule has 37 heavy (non-hydrogen) atoms. The van der Waals surface area contributed by atoms with Crippen molar-refractivity contribution < 1.29 is 18.9 Å². The maximum absolute atomic E-state index is 14.0. The number of benzene rings is 2. The Hall–Kier alpha value is -4.72. The fraction of sp³-hybridized carbons (Fsp3) is 0.172. The fourth-order valence-electron chi connectivity index (χ4n) is 4.47. The number of ether oxygens (including phenoxy) is 1. The van der Waals surface area contributed by atoms with Crippen LogP contribution < -0.4 is 19.8 Å². The molecule has 1 aliphatic heterocycles. The SMILES string of the molecule is COc1ccc(N2C(=O)C(c3c(C(C)C)[nH]n(-c4ccccc4)c3=O)=C([n+]3ccc(C)cc3)C2=O)cc1. The van der Waals surface area contributed by atoms with Gasteiger partial charge >= 0.3 is 5.91 Å². The zero-order chi connectivity index (χ0) is 26.3. The minimum Gasteiger partial charge on any atom is -0.497 e. The topological polar surface area (TPSA) is 88.3 Å². The first kappa shape index (κ1) is 24.0. The van der Waals surface area contributed by atoms with Crippen molar-refractivity contribution in [3.63, 3.8) is 0 Å². The quantitative estimate of drug-likeness (QED) is 0.325. The van der Waals surface area contributed by atoms with Gasteiger partial charge in [-0.1, -0.05) is 32.0 Å². The highest BCUT2D eigenvalue weighted by atomic mass is 16.5. The van der Waals surface area contributed by atoms with Crippen LogP contribution in [0.2, 0.25) is 0 Å². The highest BCUT2D eigenvalue weighted by Gasteiger charge is 2.48. The van der Waals surface area contributed by atoms with Crippen molar-refractivity contribution in [2.75, 3.05) is 12.0 Å². The molecule has 0 saturated carbocycles. The maximum atomic E-state index is 14.0. The number of hydrogen-bond acceptors (Lipinski definition) is 4. The van der Waals surface area contributed by atoms with Gasteiger partial charge in [-0.2, -0.15) is 4.57 Å². The van der Waals surface area contributed by atoms with E-state index in [0.717, 1.165) is 10.5 Å². The van der Waals surface area contributed by atoms with Crippen LogP contribution in [0.3, 0.4) is 0 Å². The van der Waals surface area contributed by atoms with E-state index in [0.29, 0.717) is 22.8 Å². The summed E-state index contributed by atoms with van der Waals surface area (Å²) in [4.78, 5) is 42.9. The Morgan fingerprint density at radius 3 is 2.08 bits per heavy atom. The molecule has 2 amide bonds. The van der Waals surface area contributed by atoms with E-state index in [9.17, 15) is 14.4 Å². The van der Waals surface area contributed by atoms with E-state index >= 15 is 0 Å². The fourth-order valence-corrected chi connectivity index (χ4v) is 4.47. The second-order valence-corrected chi connectivity index (χ2v) is 9.18. The van der Waals surface area contributed by atoms with E-state index in [4.69, 9.17) is 4.74 Å². The van der Waals surface area contributed by atoms with Crippen LogP contribution in [-0.4, -0.2) is 28.7 Å². The summed E-state index contributed by atoms with van der Waals surface area (Å²) in [6, 6.07) is 19.5. The van der Waals surface area contributed by atoms with Gasteiger partial charge in [0.1, 0.15) is 11.3 Å². The number of rotatable bonds is 6. The van der Waals surface area contributed by atoms with E-state index in [1.54, 1.807) is 60.5 Å². The molecule has 0 unspecified atom stereocenters. The molecule has 5 rings (SSSR count). The summed E-state index contributed by atoms with van der Waals surface area (Å²) in [5.74, 6) is -0.595. The number of carbonyl (C=O) groups is 2. The number of amides is 2. The van der Waals surface area contributed by atoms with Gasteiger partial charge in [0.2, 0.25) is 0 Å². The Kier molecular flexibility index (Phi) is 6.09. The third kappa shape index (κ3) is 4.06. The van der Waals surface area contributed by atoms with E-state index in [2.05, 4.69) is 5.10 Å². The van der Waals surface area contributed by atoms with Crippen molar-refractivity contribution in [1.82, 2.24) is 9.78 Å². The van der Waals surface area contributed by atoms with Crippen molar-refractivity contribution in [3.05, 3.63) is 106 Å². The van der Waals surface area contributed by atoms with Gasteiger partial charge in [-0.15, -0.1) is 0 Å². The molecule has 2 aromatic carbocycles. The molecule has 4 aromatic rings. The van der Waals surface area contributed by atoms with Gasteiger partial charge in [0, 0.05) is 17.8 Å². The predicted octanol–water partition coefficient (Wildman–Crippen LogP) is 3.84. The zero-order valence-corrected chi connectivity index (χ0v) is 21.1. The molecule has 0 bridgehead atoms. The number of aromatic nitrogens is 3. The lowest BCUT2D eigenvalue weighted by Gasteiger charge is -2.14. The Bertz CT molecular complexity index is 1580. The molecule has 0 radical (unpaired) electrons. The Balaban J connectivity index is 1.77. The second kappa shape index (κ2) is 9.39. The Labute approximate surface area is 214 Å². The molecule has 0 saturated heterocycles. The largest absolute Gasteiger partial charge is 0.497 e. The van der Waals surface area contributed by atoms with Gasteiger partial charge in [-0.05, 0) is 54.8 Å². The second-order valence-electron chi connectivity index (χ2n) is 9.18. The van der Waals surface area contributed by atoms with E-state index in [1.807, 2.05) is 51.1 Å². The summed E-state index contributed by atoms with van der Waals surface area (Å²) in [5.41, 5.74) is 2.58. The number of hydrogen-bond donors (Lipinski definition) is 1. The van der Waals surface area contributed by atoms with Crippen molar-refractivity contribution in [2.45, 2.75) is 26.7 Å². The summed E-state index contributed by atoms with van der Waals surface area (Å²) in [5, 5.41) is 3.19. The third-order valence-corrected chi connectivity index (χ3v) is 6.40. The molecule has 0 atom stereocenters. The number of imide groups is 1. The van der Waals surface area contributed by atoms with Crippen LogP contribution in [0.1, 0.15) is 36.6 Å².